The summed E-state index contributed by atoms with van der Waals surface area (Å²) < 4.78 is 6.16. The second-order valence-corrected chi connectivity index (χ2v) is 6.11. The molecule has 23 heavy (non-hydrogen) atoms. The molecule has 2 aliphatic rings. The number of aromatic nitrogens is 1. The number of rotatable bonds is 2. The molecule has 0 N–H and O–H groups in total. The number of hydrogen-bond acceptors (Lipinski definition) is 4. The van der Waals surface area contributed by atoms with E-state index in [1.54, 1.807) is 11.1 Å². The lowest BCUT2D eigenvalue weighted by molar-refractivity contribution is -0.122. The SMILES string of the molecule is CN1C(=O)C2CC(CN2Cc2ccccn2)Oc2ccccc21. The summed E-state index contributed by atoms with van der Waals surface area (Å²) in [6, 6.07) is 13.5. The third-order valence-corrected chi connectivity index (χ3v) is 4.59. The van der Waals surface area contributed by atoms with Gasteiger partial charge in [0.05, 0.1) is 17.4 Å². The van der Waals surface area contributed by atoms with Gasteiger partial charge in [-0.15, -0.1) is 0 Å². The number of nitrogens with zero attached hydrogens (tertiary/aromatic N) is 3. The van der Waals surface area contributed by atoms with Crippen LogP contribution in [0.25, 0.3) is 0 Å². The number of carbonyl (C=O) groups is 1. The molecule has 1 aromatic heterocycles. The summed E-state index contributed by atoms with van der Waals surface area (Å²) >= 11 is 0. The summed E-state index contributed by atoms with van der Waals surface area (Å²) in [6.07, 6.45) is 2.56. The van der Waals surface area contributed by atoms with Gasteiger partial charge in [0, 0.05) is 32.8 Å². The van der Waals surface area contributed by atoms with Crippen molar-refractivity contribution in [3.8, 4) is 5.75 Å². The van der Waals surface area contributed by atoms with Crippen LogP contribution in [-0.4, -0.2) is 41.5 Å². The van der Waals surface area contributed by atoms with Crippen molar-refractivity contribution in [1.29, 1.82) is 0 Å². The van der Waals surface area contributed by atoms with Crippen LogP contribution < -0.4 is 9.64 Å². The molecule has 1 amide bonds. The van der Waals surface area contributed by atoms with E-state index in [2.05, 4.69) is 9.88 Å². The first-order chi connectivity index (χ1) is 11.2. The van der Waals surface area contributed by atoms with Gasteiger partial charge in [-0.2, -0.15) is 0 Å². The number of amides is 1. The largest absolute Gasteiger partial charge is 0.487 e. The van der Waals surface area contributed by atoms with Crippen molar-refractivity contribution in [1.82, 2.24) is 9.88 Å². The van der Waals surface area contributed by atoms with Crippen LogP contribution >= 0.6 is 0 Å². The fourth-order valence-electron chi connectivity index (χ4n) is 3.43. The predicted molar refractivity (Wildman–Crippen MR) is 87.3 cm³/mol. The van der Waals surface area contributed by atoms with Crippen LogP contribution in [0.15, 0.2) is 48.7 Å². The van der Waals surface area contributed by atoms with Gasteiger partial charge in [0.2, 0.25) is 5.91 Å². The summed E-state index contributed by atoms with van der Waals surface area (Å²) in [5, 5.41) is 0. The third-order valence-electron chi connectivity index (χ3n) is 4.59. The molecule has 1 fully saturated rings. The maximum Gasteiger partial charge on any atom is 0.244 e. The molecule has 2 aliphatic heterocycles. The van der Waals surface area contributed by atoms with E-state index in [1.165, 1.54) is 0 Å². The highest BCUT2D eigenvalue weighted by Gasteiger charge is 2.41. The van der Waals surface area contributed by atoms with Crippen LogP contribution in [0.3, 0.4) is 0 Å². The number of carbonyl (C=O) groups excluding carboxylic acids is 1. The van der Waals surface area contributed by atoms with E-state index < -0.39 is 0 Å². The van der Waals surface area contributed by atoms with Crippen molar-refractivity contribution >= 4 is 11.6 Å². The monoisotopic (exact) mass is 309 g/mol. The number of pyridine rings is 1. The highest BCUT2D eigenvalue weighted by atomic mass is 16.5. The first-order valence-electron chi connectivity index (χ1n) is 7.89. The van der Waals surface area contributed by atoms with Crippen molar-refractivity contribution in [2.24, 2.45) is 0 Å². The van der Waals surface area contributed by atoms with E-state index in [0.29, 0.717) is 6.54 Å². The van der Waals surface area contributed by atoms with Crippen LogP contribution in [0.5, 0.6) is 5.75 Å². The molecular weight excluding hydrogens is 290 g/mol. The smallest absolute Gasteiger partial charge is 0.244 e. The van der Waals surface area contributed by atoms with Gasteiger partial charge in [-0.25, -0.2) is 0 Å². The molecule has 0 radical (unpaired) electrons. The van der Waals surface area contributed by atoms with E-state index in [-0.39, 0.29) is 18.1 Å². The predicted octanol–water partition coefficient (Wildman–Crippen LogP) is 2.08. The normalized spacial score (nSPS) is 23.9. The van der Waals surface area contributed by atoms with Crippen LogP contribution in [0.2, 0.25) is 0 Å². The van der Waals surface area contributed by atoms with Crippen molar-refractivity contribution in [2.75, 3.05) is 18.5 Å². The van der Waals surface area contributed by atoms with Crippen LogP contribution in [0, 0.1) is 0 Å². The van der Waals surface area contributed by atoms with Crippen molar-refractivity contribution in [3.63, 3.8) is 0 Å². The minimum Gasteiger partial charge on any atom is -0.487 e. The number of hydrogen-bond donors (Lipinski definition) is 0. The molecule has 3 heterocycles. The number of fused-ring (bicyclic) bond motifs is 3. The Morgan fingerprint density at radius 1 is 1.22 bits per heavy atom. The summed E-state index contributed by atoms with van der Waals surface area (Å²) in [7, 11) is 1.82. The molecule has 1 saturated heterocycles. The van der Waals surface area contributed by atoms with Crippen LogP contribution in [0.4, 0.5) is 5.69 Å². The van der Waals surface area contributed by atoms with Crippen LogP contribution in [-0.2, 0) is 11.3 Å². The zero-order valence-corrected chi connectivity index (χ0v) is 13.1. The molecule has 5 heteroatoms. The van der Waals surface area contributed by atoms with E-state index in [0.717, 1.165) is 30.1 Å². The van der Waals surface area contributed by atoms with E-state index >= 15 is 0 Å². The Bertz CT molecular complexity index is 719. The number of likely N-dealkylation sites (N-methyl/N-ethyl adjacent to an activating group) is 1. The Hall–Kier alpha value is -2.40. The van der Waals surface area contributed by atoms with Gasteiger partial charge in [0.25, 0.3) is 0 Å². The Morgan fingerprint density at radius 3 is 2.87 bits per heavy atom. The Balaban J connectivity index is 1.63. The van der Waals surface area contributed by atoms with Crippen molar-refractivity contribution in [2.45, 2.75) is 25.1 Å². The minimum atomic E-state index is -0.152. The van der Waals surface area contributed by atoms with E-state index in [1.807, 2.05) is 49.5 Å². The van der Waals surface area contributed by atoms with E-state index in [4.69, 9.17) is 4.74 Å². The number of likely N-dealkylation sites (tertiary alicyclic amines) is 1. The molecule has 2 atom stereocenters. The zero-order chi connectivity index (χ0) is 15.8. The molecule has 1 aromatic carbocycles. The summed E-state index contributed by atoms with van der Waals surface area (Å²) in [6.45, 7) is 1.41. The molecular formula is C18H19N3O2. The lowest BCUT2D eigenvalue weighted by Crippen LogP contribution is -2.44. The summed E-state index contributed by atoms with van der Waals surface area (Å²) in [4.78, 5) is 21.2. The minimum absolute atomic E-state index is 0.0440. The Morgan fingerprint density at radius 2 is 2.04 bits per heavy atom. The van der Waals surface area contributed by atoms with Crippen molar-refractivity contribution in [3.05, 3.63) is 54.4 Å². The highest BCUT2D eigenvalue weighted by molar-refractivity contribution is 5.98. The molecule has 2 bridgehead atoms. The molecule has 2 aromatic rings. The Kier molecular flexibility index (Phi) is 3.50. The van der Waals surface area contributed by atoms with Gasteiger partial charge in [-0.3, -0.25) is 14.7 Å². The molecule has 2 unspecified atom stereocenters. The molecule has 5 nitrogen and oxygen atoms in total. The maximum absolute atomic E-state index is 12.9. The number of ether oxygens (including phenoxy) is 1. The second-order valence-electron chi connectivity index (χ2n) is 6.11. The molecule has 118 valence electrons. The molecule has 0 aliphatic carbocycles. The topological polar surface area (TPSA) is 45.7 Å². The van der Waals surface area contributed by atoms with Gasteiger partial charge in [-0.05, 0) is 24.3 Å². The summed E-state index contributed by atoms with van der Waals surface area (Å²) in [5.41, 5.74) is 1.82. The first-order valence-corrected chi connectivity index (χ1v) is 7.89. The molecule has 0 spiro atoms. The van der Waals surface area contributed by atoms with Gasteiger partial charge in [0.1, 0.15) is 11.9 Å². The van der Waals surface area contributed by atoms with Gasteiger partial charge in [0.15, 0.2) is 0 Å². The van der Waals surface area contributed by atoms with Gasteiger partial charge in [-0.1, -0.05) is 18.2 Å². The third kappa shape index (κ3) is 2.57. The van der Waals surface area contributed by atoms with Crippen LogP contribution in [0.1, 0.15) is 12.1 Å². The molecule has 4 rings (SSSR count). The average molecular weight is 309 g/mol. The van der Waals surface area contributed by atoms with Gasteiger partial charge >= 0.3 is 0 Å². The number of benzene rings is 1. The standard InChI is InChI=1S/C18H19N3O2/c1-20-15-7-2-3-8-17(15)23-14-10-16(18(20)22)21(12-14)11-13-6-4-5-9-19-13/h2-9,14,16H,10-12H2,1H3. The lowest BCUT2D eigenvalue weighted by atomic mass is 10.1. The fourth-order valence-corrected chi connectivity index (χ4v) is 3.43. The van der Waals surface area contributed by atoms with Crippen molar-refractivity contribution < 1.29 is 9.53 Å². The second kappa shape index (κ2) is 5.66. The zero-order valence-electron chi connectivity index (χ0n) is 13.1. The lowest BCUT2D eigenvalue weighted by Gasteiger charge is -2.29. The maximum atomic E-state index is 12.9. The highest BCUT2D eigenvalue weighted by Crippen LogP contribution is 2.35. The number of anilines is 1. The first kappa shape index (κ1) is 14.2. The van der Waals surface area contributed by atoms with E-state index in [9.17, 15) is 4.79 Å². The summed E-state index contributed by atoms with van der Waals surface area (Å²) in [5.74, 6) is 0.908. The average Bonchev–Trinajstić information content (AvgIpc) is 2.97. The Labute approximate surface area is 135 Å². The quantitative estimate of drug-likeness (QED) is 0.852. The fraction of sp³-hybridized carbons (Fsp3) is 0.333. The van der Waals surface area contributed by atoms with Gasteiger partial charge < -0.3 is 9.64 Å². The number of para-hydroxylation sites is 2. The molecule has 0 saturated carbocycles.